The molecular weight excluding hydrogens is 286 g/mol. The molecule has 2 aromatic rings. The lowest BCUT2D eigenvalue weighted by Crippen LogP contribution is -1.95. The average molecular weight is 296 g/mol. The van der Waals surface area contributed by atoms with Gasteiger partial charge in [-0.1, -0.05) is 23.7 Å². The summed E-state index contributed by atoms with van der Waals surface area (Å²) >= 11 is 6.24. The van der Waals surface area contributed by atoms with Crippen molar-refractivity contribution in [1.82, 2.24) is 5.16 Å². The summed E-state index contributed by atoms with van der Waals surface area (Å²) in [5.74, 6) is 0.325. The second-order valence-corrected chi connectivity index (χ2v) is 4.59. The van der Waals surface area contributed by atoms with Crippen molar-refractivity contribution in [1.29, 1.82) is 0 Å². The first kappa shape index (κ1) is 12.8. The molecule has 1 N–H and O–H groups in total. The van der Waals surface area contributed by atoms with Crippen LogP contribution < -0.4 is 9.47 Å². The standard InChI is InChI=1S/C13H10ClNO5/c1-2-6-11(9-4-8(13(16)17)15-20-9)7(14)3-10-12(6)19-5-18-10/h3-4H,2,5H2,1H3,(H,16,17). The molecule has 104 valence electrons. The maximum Gasteiger partial charge on any atom is 0.358 e. The number of nitrogens with zero attached hydrogens (tertiary/aromatic N) is 1. The van der Waals surface area contributed by atoms with E-state index in [9.17, 15) is 4.79 Å². The number of ether oxygens (including phenoxy) is 2. The second kappa shape index (κ2) is 4.72. The quantitative estimate of drug-likeness (QED) is 0.937. The molecule has 6 nitrogen and oxygen atoms in total. The summed E-state index contributed by atoms with van der Waals surface area (Å²) in [5.41, 5.74) is 1.22. The summed E-state index contributed by atoms with van der Waals surface area (Å²) in [5, 5.41) is 12.8. The summed E-state index contributed by atoms with van der Waals surface area (Å²) in [6.07, 6.45) is 0.630. The fourth-order valence-electron chi connectivity index (χ4n) is 2.17. The van der Waals surface area contributed by atoms with Crippen LogP contribution in [0.1, 0.15) is 23.0 Å². The molecule has 0 saturated carbocycles. The predicted octanol–water partition coefficient (Wildman–Crippen LogP) is 2.98. The average Bonchev–Trinajstić information content (AvgIpc) is 3.04. The number of hydrogen-bond acceptors (Lipinski definition) is 5. The molecular formula is C13H10ClNO5. The highest BCUT2D eigenvalue weighted by Crippen LogP contribution is 2.45. The molecule has 0 amide bonds. The first-order valence-electron chi connectivity index (χ1n) is 5.93. The van der Waals surface area contributed by atoms with Gasteiger partial charge in [0.25, 0.3) is 0 Å². The number of aromatic carboxylic acids is 1. The SMILES string of the molecule is CCc1c2c(cc(Cl)c1-c1cc(C(=O)O)no1)OCO2. The van der Waals surface area contributed by atoms with Crippen LogP contribution in [-0.4, -0.2) is 23.0 Å². The number of aromatic nitrogens is 1. The van der Waals surface area contributed by atoms with Gasteiger partial charge in [-0.2, -0.15) is 0 Å². The topological polar surface area (TPSA) is 81.8 Å². The van der Waals surface area contributed by atoms with E-state index < -0.39 is 5.97 Å². The molecule has 0 fully saturated rings. The number of halogens is 1. The Kier molecular flexibility index (Phi) is 3.02. The van der Waals surface area contributed by atoms with Gasteiger partial charge in [0, 0.05) is 23.3 Å². The van der Waals surface area contributed by atoms with Gasteiger partial charge in [0.05, 0.1) is 5.02 Å². The number of fused-ring (bicyclic) bond motifs is 1. The van der Waals surface area contributed by atoms with Gasteiger partial charge in [0.15, 0.2) is 23.0 Å². The number of benzene rings is 1. The smallest absolute Gasteiger partial charge is 0.358 e. The molecule has 7 heteroatoms. The molecule has 1 aliphatic heterocycles. The normalized spacial score (nSPS) is 12.7. The molecule has 2 heterocycles. The molecule has 3 rings (SSSR count). The van der Waals surface area contributed by atoms with Crippen LogP contribution in [0.25, 0.3) is 11.3 Å². The van der Waals surface area contributed by atoms with E-state index in [1.165, 1.54) is 6.07 Å². The zero-order valence-electron chi connectivity index (χ0n) is 10.5. The van der Waals surface area contributed by atoms with Gasteiger partial charge in [-0.05, 0) is 6.42 Å². The third-order valence-electron chi connectivity index (χ3n) is 3.04. The van der Waals surface area contributed by atoms with Crippen LogP contribution in [0.15, 0.2) is 16.7 Å². The Morgan fingerprint density at radius 1 is 1.45 bits per heavy atom. The van der Waals surface area contributed by atoms with Crippen molar-refractivity contribution >= 4 is 17.6 Å². The van der Waals surface area contributed by atoms with E-state index >= 15 is 0 Å². The molecule has 1 aliphatic rings. The maximum absolute atomic E-state index is 10.9. The zero-order valence-corrected chi connectivity index (χ0v) is 11.2. The Morgan fingerprint density at radius 2 is 2.25 bits per heavy atom. The van der Waals surface area contributed by atoms with E-state index in [1.807, 2.05) is 6.92 Å². The summed E-state index contributed by atoms with van der Waals surface area (Å²) in [4.78, 5) is 10.9. The van der Waals surface area contributed by atoms with Gasteiger partial charge in [0.2, 0.25) is 6.79 Å². The fourth-order valence-corrected chi connectivity index (χ4v) is 2.48. The molecule has 0 unspecified atom stereocenters. The first-order valence-corrected chi connectivity index (χ1v) is 6.31. The molecule has 0 bridgehead atoms. The van der Waals surface area contributed by atoms with Crippen LogP contribution in [0.5, 0.6) is 11.5 Å². The van der Waals surface area contributed by atoms with Crippen LogP contribution in [-0.2, 0) is 6.42 Å². The van der Waals surface area contributed by atoms with Crippen molar-refractivity contribution in [2.75, 3.05) is 6.79 Å². The Hall–Kier alpha value is -2.21. The van der Waals surface area contributed by atoms with Gasteiger partial charge in [0.1, 0.15) is 0 Å². The maximum atomic E-state index is 10.9. The van der Waals surface area contributed by atoms with Crippen LogP contribution >= 0.6 is 11.6 Å². The van der Waals surface area contributed by atoms with Crippen LogP contribution in [0.4, 0.5) is 0 Å². The monoisotopic (exact) mass is 295 g/mol. The van der Waals surface area contributed by atoms with E-state index in [4.69, 9.17) is 30.7 Å². The molecule has 0 aliphatic carbocycles. The minimum atomic E-state index is -1.16. The number of carboxylic acid groups (broad SMARTS) is 1. The zero-order chi connectivity index (χ0) is 14.3. The summed E-state index contributed by atoms with van der Waals surface area (Å²) < 4.78 is 15.8. The van der Waals surface area contributed by atoms with Crippen molar-refractivity contribution in [2.24, 2.45) is 0 Å². The third-order valence-corrected chi connectivity index (χ3v) is 3.34. The van der Waals surface area contributed by atoms with Crippen molar-refractivity contribution in [3.8, 4) is 22.8 Å². The van der Waals surface area contributed by atoms with Crippen LogP contribution in [0.3, 0.4) is 0 Å². The van der Waals surface area contributed by atoms with E-state index in [2.05, 4.69) is 5.16 Å². The van der Waals surface area contributed by atoms with Crippen molar-refractivity contribution < 1.29 is 23.9 Å². The Morgan fingerprint density at radius 3 is 2.90 bits per heavy atom. The minimum absolute atomic E-state index is 0.138. The fraction of sp³-hybridized carbons (Fsp3) is 0.231. The second-order valence-electron chi connectivity index (χ2n) is 4.18. The van der Waals surface area contributed by atoms with Gasteiger partial charge in [-0.25, -0.2) is 4.79 Å². The van der Waals surface area contributed by atoms with Gasteiger partial charge < -0.3 is 19.1 Å². The number of rotatable bonds is 3. The molecule has 0 spiro atoms. The highest BCUT2D eigenvalue weighted by atomic mass is 35.5. The summed E-state index contributed by atoms with van der Waals surface area (Å²) in [7, 11) is 0. The van der Waals surface area contributed by atoms with Gasteiger partial charge >= 0.3 is 5.97 Å². The summed E-state index contributed by atoms with van der Waals surface area (Å²) in [6, 6.07) is 2.96. The van der Waals surface area contributed by atoms with E-state index in [1.54, 1.807) is 6.07 Å². The molecule has 20 heavy (non-hydrogen) atoms. The Labute approximate surface area is 118 Å². The van der Waals surface area contributed by atoms with E-state index in [0.717, 1.165) is 5.56 Å². The highest BCUT2D eigenvalue weighted by Gasteiger charge is 2.26. The minimum Gasteiger partial charge on any atom is -0.476 e. The third kappa shape index (κ3) is 1.89. The van der Waals surface area contributed by atoms with Crippen molar-refractivity contribution in [2.45, 2.75) is 13.3 Å². The molecule has 1 aromatic heterocycles. The lowest BCUT2D eigenvalue weighted by atomic mass is 10.0. The molecule has 1 aromatic carbocycles. The number of hydrogen-bond donors (Lipinski definition) is 1. The lowest BCUT2D eigenvalue weighted by molar-refractivity contribution is 0.0686. The van der Waals surface area contributed by atoms with Crippen molar-refractivity contribution in [3.63, 3.8) is 0 Å². The largest absolute Gasteiger partial charge is 0.476 e. The first-order chi connectivity index (χ1) is 9.61. The molecule has 0 atom stereocenters. The van der Waals surface area contributed by atoms with Crippen LogP contribution in [0.2, 0.25) is 5.02 Å². The predicted molar refractivity (Wildman–Crippen MR) is 69.4 cm³/mol. The Balaban J connectivity index is 2.19. The molecule has 0 saturated heterocycles. The van der Waals surface area contributed by atoms with Crippen LogP contribution in [0, 0.1) is 0 Å². The van der Waals surface area contributed by atoms with Gasteiger partial charge in [-0.15, -0.1) is 0 Å². The van der Waals surface area contributed by atoms with E-state index in [0.29, 0.717) is 34.3 Å². The highest BCUT2D eigenvalue weighted by molar-refractivity contribution is 6.33. The lowest BCUT2D eigenvalue weighted by Gasteiger charge is -2.10. The number of carboxylic acids is 1. The number of carbonyl (C=O) groups is 1. The van der Waals surface area contributed by atoms with Crippen molar-refractivity contribution in [3.05, 3.63) is 28.4 Å². The molecule has 0 radical (unpaired) electrons. The Bertz CT molecular complexity index is 694. The van der Waals surface area contributed by atoms with Gasteiger partial charge in [-0.3, -0.25) is 0 Å². The van der Waals surface area contributed by atoms with E-state index in [-0.39, 0.29) is 12.5 Å². The summed E-state index contributed by atoms with van der Waals surface area (Å²) in [6.45, 7) is 2.07.